The van der Waals surface area contributed by atoms with Crippen molar-refractivity contribution in [2.75, 3.05) is 11.9 Å². The third kappa shape index (κ3) is 4.39. The van der Waals surface area contributed by atoms with Gasteiger partial charge in [0.25, 0.3) is 0 Å². The van der Waals surface area contributed by atoms with Crippen LogP contribution in [0.2, 0.25) is 0 Å². The van der Waals surface area contributed by atoms with E-state index in [2.05, 4.69) is 17.6 Å². The number of benzene rings is 1. The van der Waals surface area contributed by atoms with E-state index in [1.807, 2.05) is 44.2 Å². The van der Waals surface area contributed by atoms with Gasteiger partial charge in [-0.1, -0.05) is 44.2 Å². The summed E-state index contributed by atoms with van der Waals surface area (Å²) in [4.78, 5) is 30.8. The van der Waals surface area contributed by atoms with Crippen LogP contribution in [0.4, 0.5) is 5.13 Å². The van der Waals surface area contributed by atoms with E-state index in [0.29, 0.717) is 18.0 Å². The summed E-state index contributed by atoms with van der Waals surface area (Å²) >= 11 is 1.43. The molecule has 1 aromatic heterocycles. The molecule has 4 N–H and O–H groups in total. The summed E-state index contributed by atoms with van der Waals surface area (Å²) in [5.74, 6) is -0.436. The summed E-state index contributed by atoms with van der Waals surface area (Å²) in [7, 11) is 0. The minimum atomic E-state index is -0.672. The first-order chi connectivity index (χ1) is 16.1. The van der Waals surface area contributed by atoms with E-state index in [-0.39, 0.29) is 48.1 Å². The van der Waals surface area contributed by atoms with Crippen molar-refractivity contribution in [3.63, 3.8) is 0 Å². The number of carbonyl (C=O) groups is 2. The maximum atomic E-state index is 13.3. The number of amides is 2. The molecule has 0 bridgehead atoms. The van der Waals surface area contributed by atoms with E-state index in [1.54, 1.807) is 0 Å². The Hall–Kier alpha value is -2.29. The Morgan fingerprint density at radius 3 is 2.62 bits per heavy atom. The number of anilines is 1. The first-order valence-electron chi connectivity index (χ1n) is 12.0. The molecular formula is C26H35N3O4S. The number of nitrogens with one attached hydrogen (secondary N) is 2. The van der Waals surface area contributed by atoms with Gasteiger partial charge in [0.15, 0.2) is 5.13 Å². The van der Waals surface area contributed by atoms with Gasteiger partial charge in [0.1, 0.15) is 0 Å². The molecule has 2 aliphatic carbocycles. The van der Waals surface area contributed by atoms with Gasteiger partial charge in [-0.15, -0.1) is 11.3 Å². The Kier molecular flexibility index (Phi) is 6.86. The van der Waals surface area contributed by atoms with Crippen LogP contribution in [0.5, 0.6) is 0 Å². The van der Waals surface area contributed by atoms with Crippen LogP contribution in [0, 0.1) is 16.7 Å². The van der Waals surface area contributed by atoms with Crippen LogP contribution in [0.1, 0.15) is 75.1 Å². The Bertz CT molecular complexity index is 1060. The van der Waals surface area contributed by atoms with E-state index >= 15 is 0 Å². The minimum absolute atomic E-state index is 0.0174. The Morgan fingerprint density at radius 1 is 1.26 bits per heavy atom. The standard InChI is InChI=1S/C26H35N3O4S/c1-15(17-8-6-5-7-9-17)27-22(33)12-18-23-19(34-24(29-23)28-16(2)31)13-20-25(18,3)11-10-21(32)26(20,4)14-30/h5-9,15,18,20-21,30,32H,10-14H2,1-4H3,(H,27,33)(H,28,29,31). The van der Waals surface area contributed by atoms with E-state index < -0.39 is 11.5 Å². The van der Waals surface area contributed by atoms with E-state index in [1.165, 1.54) is 18.3 Å². The van der Waals surface area contributed by atoms with E-state index in [4.69, 9.17) is 4.98 Å². The molecule has 2 amide bonds. The lowest BCUT2D eigenvalue weighted by molar-refractivity contribution is -0.144. The van der Waals surface area contributed by atoms with E-state index in [0.717, 1.165) is 22.6 Å². The molecule has 0 aliphatic heterocycles. The summed E-state index contributed by atoms with van der Waals surface area (Å²) in [6.07, 6.45) is 1.63. The van der Waals surface area contributed by atoms with Gasteiger partial charge >= 0.3 is 0 Å². The fraction of sp³-hybridized carbons (Fsp3) is 0.577. The average Bonchev–Trinajstić information content (AvgIpc) is 3.19. The number of aliphatic hydroxyl groups is 2. The highest BCUT2D eigenvalue weighted by Crippen LogP contribution is 2.62. The molecule has 0 radical (unpaired) electrons. The van der Waals surface area contributed by atoms with Gasteiger partial charge in [0.2, 0.25) is 11.8 Å². The van der Waals surface area contributed by atoms with Crippen molar-refractivity contribution in [3.05, 3.63) is 46.5 Å². The number of aromatic nitrogens is 1. The molecular weight excluding hydrogens is 450 g/mol. The van der Waals surface area contributed by atoms with Crippen LogP contribution >= 0.6 is 11.3 Å². The summed E-state index contributed by atoms with van der Waals surface area (Å²) in [6, 6.07) is 9.74. The fourth-order valence-corrected chi connectivity index (χ4v) is 7.28. The van der Waals surface area contributed by atoms with Gasteiger partial charge in [-0.25, -0.2) is 4.98 Å². The third-order valence-electron chi connectivity index (χ3n) is 8.24. The quantitative estimate of drug-likeness (QED) is 0.498. The van der Waals surface area contributed by atoms with Crippen LogP contribution in [0.3, 0.4) is 0 Å². The van der Waals surface area contributed by atoms with Crippen LogP contribution in [-0.4, -0.2) is 39.7 Å². The topological polar surface area (TPSA) is 112 Å². The molecule has 2 aliphatic rings. The molecule has 0 saturated heterocycles. The van der Waals surface area contributed by atoms with Crippen molar-refractivity contribution in [2.45, 2.75) is 71.4 Å². The fourth-order valence-electron chi connectivity index (χ4n) is 6.16. The van der Waals surface area contributed by atoms with Crippen molar-refractivity contribution in [1.29, 1.82) is 0 Å². The van der Waals surface area contributed by atoms with Crippen molar-refractivity contribution < 1.29 is 19.8 Å². The molecule has 1 fully saturated rings. The molecule has 184 valence electrons. The van der Waals surface area contributed by atoms with Crippen LogP contribution in [-0.2, 0) is 16.0 Å². The molecule has 6 atom stereocenters. The van der Waals surface area contributed by atoms with Crippen LogP contribution in [0.15, 0.2) is 30.3 Å². The predicted octanol–water partition coefficient (Wildman–Crippen LogP) is 3.78. The zero-order valence-corrected chi connectivity index (χ0v) is 21.1. The van der Waals surface area contributed by atoms with Crippen molar-refractivity contribution in [2.24, 2.45) is 16.7 Å². The number of nitrogens with zero attached hydrogens (tertiary/aromatic N) is 1. The average molecular weight is 486 g/mol. The summed E-state index contributed by atoms with van der Waals surface area (Å²) in [5, 5.41) is 27.7. The van der Waals surface area contributed by atoms with Gasteiger partial charge < -0.3 is 20.8 Å². The molecule has 1 aromatic carbocycles. The number of hydrogen-bond donors (Lipinski definition) is 4. The third-order valence-corrected chi connectivity index (χ3v) is 9.25. The molecule has 34 heavy (non-hydrogen) atoms. The highest BCUT2D eigenvalue weighted by atomic mass is 32.1. The lowest BCUT2D eigenvalue weighted by Crippen LogP contribution is -2.57. The van der Waals surface area contributed by atoms with Gasteiger partial charge in [-0.2, -0.15) is 0 Å². The number of rotatable bonds is 6. The SMILES string of the molecule is CC(=O)Nc1nc2c(s1)CC1C(C)(CO)C(O)CCC1(C)C2CC(=O)NC(C)c1ccccc1. The number of thiazole rings is 1. The second-order valence-electron chi connectivity index (χ2n) is 10.4. The number of fused-ring (bicyclic) bond motifs is 2. The second-order valence-corrected chi connectivity index (χ2v) is 11.5. The summed E-state index contributed by atoms with van der Waals surface area (Å²) in [6.45, 7) is 7.44. The summed E-state index contributed by atoms with van der Waals surface area (Å²) in [5.41, 5.74) is 0.916. The van der Waals surface area contributed by atoms with Crippen LogP contribution < -0.4 is 10.6 Å². The minimum Gasteiger partial charge on any atom is -0.396 e. The molecule has 0 spiro atoms. The highest BCUT2D eigenvalue weighted by Gasteiger charge is 2.59. The van der Waals surface area contributed by atoms with Gasteiger partial charge in [0, 0.05) is 29.6 Å². The number of hydrogen-bond acceptors (Lipinski definition) is 6. The first kappa shape index (κ1) is 24.8. The predicted molar refractivity (Wildman–Crippen MR) is 133 cm³/mol. The molecule has 6 unspecified atom stereocenters. The smallest absolute Gasteiger partial charge is 0.223 e. The zero-order valence-electron chi connectivity index (χ0n) is 20.3. The first-order valence-corrected chi connectivity index (χ1v) is 12.8. The molecule has 8 heteroatoms. The maximum absolute atomic E-state index is 13.3. The largest absolute Gasteiger partial charge is 0.396 e. The lowest BCUT2D eigenvalue weighted by atomic mass is 9.47. The Balaban J connectivity index is 1.68. The maximum Gasteiger partial charge on any atom is 0.223 e. The highest BCUT2D eigenvalue weighted by molar-refractivity contribution is 7.15. The molecule has 1 heterocycles. The summed E-state index contributed by atoms with van der Waals surface area (Å²) < 4.78 is 0. The second kappa shape index (κ2) is 9.40. The number of aliphatic hydroxyl groups excluding tert-OH is 2. The Labute approximate surface area is 205 Å². The van der Waals surface area contributed by atoms with E-state index in [9.17, 15) is 19.8 Å². The normalized spacial score (nSPS) is 31.2. The van der Waals surface area contributed by atoms with Crippen molar-refractivity contribution in [1.82, 2.24) is 10.3 Å². The van der Waals surface area contributed by atoms with Gasteiger partial charge in [-0.05, 0) is 43.1 Å². The molecule has 2 aromatic rings. The van der Waals surface area contributed by atoms with Crippen molar-refractivity contribution >= 4 is 28.3 Å². The molecule has 4 rings (SSSR count). The molecule has 1 saturated carbocycles. The van der Waals surface area contributed by atoms with Crippen LogP contribution in [0.25, 0.3) is 0 Å². The lowest BCUT2D eigenvalue weighted by Gasteiger charge is -2.58. The van der Waals surface area contributed by atoms with Crippen molar-refractivity contribution in [3.8, 4) is 0 Å². The van der Waals surface area contributed by atoms with Gasteiger partial charge in [-0.3, -0.25) is 9.59 Å². The monoisotopic (exact) mass is 485 g/mol. The Morgan fingerprint density at radius 2 is 1.97 bits per heavy atom. The zero-order chi connectivity index (χ0) is 24.7. The van der Waals surface area contributed by atoms with Gasteiger partial charge in [0.05, 0.1) is 24.4 Å². The molecule has 7 nitrogen and oxygen atoms in total. The number of carbonyl (C=O) groups excluding carboxylic acids is 2.